The van der Waals surface area contributed by atoms with Gasteiger partial charge in [-0.3, -0.25) is 4.90 Å². The molecule has 0 aromatic carbocycles. The zero-order valence-corrected chi connectivity index (χ0v) is 12.7. The van der Waals surface area contributed by atoms with E-state index < -0.39 is 0 Å². The van der Waals surface area contributed by atoms with Crippen molar-refractivity contribution in [3.63, 3.8) is 0 Å². The number of hydrogen-bond acceptors (Lipinski definition) is 7. The van der Waals surface area contributed by atoms with E-state index in [0.717, 1.165) is 55.6 Å². The zero-order chi connectivity index (χ0) is 14.8. The van der Waals surface area contributed by atoms with E-state index in [1.807, 2.05) is 13.8 Å². The minimum Gasteiger partial charge on any atom is -0.354 e. The second kappa shape index (κ2) is 5.77. The lowest BCUT2D eigenvalue weighted by atomic mass is 10.2. The van der Waals surface area contributed by atoms with Gasteiger partial charge in [0.1, 0.15) is 23.5 Å². The van der Waals surface area contributed by atoms with Crippen LogP contribution in [0.4, 0.5) is 5.82 Å². The molecule has 7 heteroatoms. The van der Waals surface area contributed by atoms with E-state index in [-0.39, 0.29) is 0 Å². The van der Waals surface area contributed by atoms with E-state index in [4.69, 9.17) is 4.63 Å². The first-order valence-corrected chi connectivity index (χ1v) is 7.18. The second-order valence-corrected chi connectivity index (χ2v) is 5.47. The minimum absolute atomic E-state index is 0.797. The summed E-state index contributed by atoms with van der Waals surface area (Å²) in [5.41, 5.74) is 4.02. The van der Waals surface area contributed by atoms with Crippen LogP contribution in [0.2, 0.25) is 0 Å². The molecule has 0 saturated carbocycles. The van der Waals surface area contributed by atoms with Crippen molar-refractivity contribution in [1.82, 2.24) is 25.2 Å². The van der Waals surface area contributed by atoms with Gasteiger partial charge in [-0.05, 0) is 20.8 Å². The van der Waals surface area contributed by atoms with Gasteiger partial charge in [0.25, 0.3) is 0 Å². The highest BCUT2D eigenvalue weighted by Gasteiger charge is 2.21. The Hall–Kier alpha value is -2.02. The maximum atomic E-state index is 4.75. The van der Waals surface area contributed by atoms with Crippen LogP contribution in [-0.4, -0.2) is 51.4 Å². The maximum absolute atomic E-state index is 4.75. The molecule has 0 N–H and O–H groups in total. The van der Waals surface area contributed by atoms with Crippen LogP contribution in [0.5, 0.6) is 0 Å². The third kappa shape index (κ3) is 2.87. The minimum atomic E-state index is 0.797. The molecular formula is C14H20N6O. The fourth-order valence-corrected chi connectivity index (χ4v) is 2.57. The van der Waals surface area contributed by atoms with Crippen LogP contribution in [-0.2, 0) is 6.54 Å². The number of hydrogen-bond donors (Lipinski definition) is 0. The van der Waals surface area contributed by atoms with Crippen molar-refractivity contribution >= 4 is 5.82 Å². The number of piperazine rings is 1. The summed E-state index contributed by atoms with van der Waals surface area (Å²) < 4.78 is 4.75. The Morgan fingerprint density at radius 2 is 1.76 bits per heavy atom. The van der Waals surface area contributed by atoms with Gasteiger partial charge in [-0.25, -0.2) is 14.6 Å². The Morgan fingerprint density at radius 1 is 1.00 bits per heavy atom. The Kier molecular flexibility index (Phi) is 3.83. The largest absolute Gasteiger partial charge is 0.354 e. The van der Waals surface area contributed by atoms with Crippen LogP contribution in [0.3, 0.4) is 0 Å². The van der Waals surface area contributed by atoms with Crippen LogP contribution in [0.25, 0.3) is 0 Å². The van der Waals surface area contributed by atoms with E-state index in [2.05, 4.69) is 37.0 Å². The second-order valence-electron chi connectivity index (χ2n) is 5.47. The number of rotatable bonds is 3. The lowest BCUT2D eigenvalue weighted by molar-refractivity contribution is 0.237. The number of aryl methyl sites for hydroxylation is 2. The lowest BCUT2D eigenvalue weighted by Gasteiger charge is -2.35. The molecule has 0 radical (unpaired) electrons. The highest BCUT2D eigenvalue weighted by Crippen LogP contribution is 2.20. The molecule has 0 unspecified atom stereocenters. The smallest absolute Gasteiger partial charge is 0.135 e. The molecule has 0 spiro atoms. The van der Waals surface area contributed by atoms with E-state index in [0.29, 0.717) is 0 Å². The molecule has 0 atom stereocenters. The quantitative estimate of drug-likeness (QED) is 0.837. The highest BCUT2D eigenvalue weighted by atomic mass is 16.6. The first-order valence-electron chi connectivity index (χ1n) is 7.18. The molecule has 2 aromatic heterocycles. The van der Waals surface area contributed by atoms with Gasteiger partial charge >= 0.3 is 0 Å². The molecule has 1 aliphatic heterocycles. The molecule has 2 aromatic rings. The Labute approximate surface area is 123 Å². The Morgan fingerprint density at radius 3 is 2.43 bits per heavy atom. The average molecular weight is 288 g/mol. The van der Waals surface area contributed by atoms with Gasteiger partial charge in [-0.1, -0.05) is 10.3 Å². The van der Waals surface area contributed by atoms with Crippen molar-refractivity contribution < 1.29 is 4.63 Å². The summed E-state index contributed by atoms with van der Waals surface area (Å²) in [6.07, 6.45) is 1.65. The molecule has 0 bridgehead atoms. The first kappa shape index (κ1) is 13.9. The van der Waals surface area contributed by atoms with Gasteiger partial charge in [0.05, 0.1) is 0 Å². The molecule has 3 rings (SSSR count). The van der Waals surface area contributed by atoms with Crippen molar-refractivity contribution in [3.05, 3.63) is 29.0 Å². The van der Waals surface area contributed by atoms with Gasteiger partial charge in [0.2, 0.25) is 0 Å². The molecule has 1 aliphatic rings. The summed E-state index contributed by atoms with van der Waals surface area (Å²) in [4.78, 5) is 13.4. The lowest BCUT2D eigenvalue weighted by Crippen LogP contribution is -2.46. The number of aromatic nitrogens is 4. The first-order chi connectivity index (χ1) is 10.1. The molecule has 112 valence electrons. The Balaban J connectivity index is 1.63. The van der Waals surface area contributed by atoms with Crippen LogP contribution in [0.1, 0.15) is 22.6 Å². The van der Waals surface area contributed by atoms with E-state index >= 15 is 0 Å². The molecule has 0 amide bonds. The standard InChI is InChI=1S/C14H20N6O/c1-10-11(2)15-9-16-14(10)20-6-4-19(5-7-20)8-13-12(3)17-21-18-13/h9H,4-8H2,1-3H3. The van der Waals surface area contributed by atoms with Crippen molar-refractivity contribution in [2.45, 2.75) is 27.3 Å². The topological polar surface area (TPSA) is 71.2 Å². The molecule has 21 heavy (non-hydrogen) atoms. The summed E-state index contributed by atoms with van der Waals surface area (Å²) in [5, 5.41) is 7.78. The van der Waals surface area contributed by atoms with Gasteiger partial charge in [-0.15, -0.1) is 0 Å². The van der Waals surface area contributed by atoms with Crippen LogP contribution >= 0.6 is 0 Å². The zero-order valence-electron chi connectivity index (χ0n) is 12.7. The van der Waals surface area contributed by atoms with Gasteiger partial charge in [0.15, 0.2) is 0 Å². The third-order valence-electron chi connectivity index (χ3n) is 4.10. The predicted octanol–water partition coefficient (Wildman–Crippen LogP) is 1.11. The SMILES string of the molecule is Cc1nonc1CN1CCN(c2ncnc(C)c2C)CC1. The molecule has 1 fully saturated rings. The highest BCUT2D eigenvalue weighted by molar-refractivity contribution is 5.47. The van der Waals surface area contributed by atoms with Gasteiger partial charge < -0.3 is 4.90 Å². The average Bonchev–Trinajstić information content (AvgIpc) is 2.88. The summed E-state index contributed by atoms with van der Waals surface area (Å²) in [7, 11) is 0. The summed E-state index contributed by atoms with van der Waals surface area (Å²) in [6.45, 7) is 10.7. The van der Waals surface area contributed by atoms with Crippen molar-refractivity contribution in [1.29, 1.82) is 0 Å². The molecule has 7 nitrogen and oxygen atoms in total. The number of anilines is 1. The van der Waals surface area contributed by atoms with E-state index in [1.54, 1.807) is 6.33 Å². The number of nitrogens with zero attached hydrogens (tertiary/aromatic N) is 6. The molecule has 3 heterocycles. The van der Waals surface area contributed by atoms with E-state index in [9.17, 15) is 0 Å². The molecule has 0 aliphatic carbocycles. The Bertz CT molecular complexity index is 618. The monoisotopic (exact) mass is 288 g/mol. The van der Waals surface area contributed by atoms with Crippen LogP contribution in [0.15, 0.2) is 11.0 Å². The predicted molar refractivity (Wildman–Crippen MR) is 78.0 cm³/mol. The summed E-state index contributed by atoms with van der Waals surface area (Å²) in [5.74, 6) is 1.06. The van der Waals surface area contributed by atoms with Crippen molar-refractivity contribution in [2.24, 2.45) is 0 Å². The van der Waals surface area contributed by atoms with Gasteiger partial charge in [0, 0.05) is 44.0 Å². The summed E-state index contributed by atoms with van der Waals surface area (Å²) >= 11 is 0. The third-order valence-corrected chi connectivity index (χ3v) is 4.10. The van der Waals surface area contributed by atoms with E-state index in [1.165, 1.54) is 5.56 Å². The van der Waals surface area contributed by atoms with Crippen molar-refractivity contribution in [3.8, 4) is 0 Å². The van der Waals surface area contributed by atoms with Crippen LogP contribution < -0.4 is 4.90 Å². The fourth-order valence-electron chi connectivity index (χ4n) is 2.57. The maximum Gasteiger partial charge on any atom is 0.135 e. The van der Waals surface area contributed by atoms with Crippen LogP contribution in [0, 0.1) is 20.8 Å². The van der Waals surface area contributed by atoms with Crippen molar-refractivity contribution in [2.75, 3.05) is 31.1 Å². The molecular weight excluding hydrogens is 268 g/mol. The molecule has 1 saturated heterocycles. The summed E-state index contributed by atoms with van der Waals surface area (Å²) in [6, 6.07) is 0. The normalized spacial score (nSPS) is 16.4. The fraction of sp³-hybridized carbons (Fsp3) is 0.571. The van der Waals surface area contributed by atoms with Gasteiger partial charge in [-0.2, -0.15) is 0 Å².